The molecule has 6 atom stereocenters. The molecule has 12 nitrogen and oxygen atoms in total. The zero-order valence-corrected chi connectivity index (χ0v) is 27.1. The van der Waals surface area contributed by atoms with Crippen molar-refractivity contribution in [3.8, 4) is 23.0 Å². The number of carboxylic acids is 1. The Morgan fingerprint density at radius 2 is 1.48 bits per heavy atom. The lowest BCUT2D eigenvalue weighted by Gasteiger charge is -2.46. The van der Waals surface area contributed by atoms with Crippen LogP contribution in [0.15, 0.2) is 78.9 Å². The molecule has 3 aromatic carbocycles. The summed E-state index contributed by atoms with van der Waals surface area (Å²) in [7, 11) is 0. The third-order valence-corrected chi connectivity index (χ3v) is 9.01. The molecule has 2 fully saturated rings. The maximum Gasteiger partial charge on any atom is 0.336 e. The second kappa shape index (κ2) is 16.1. The Balaban J connectivity index is 1.33. The predicted octanol–water partition coefficient (Wildman–Crippen LogP) is 4.16. The van der Waals surface area contributed by atoms with Gasteiger partial charge in [-0.1, -0.05) is 54.6 Å². The van der Waals surface area contributed by atoms with Crippen LogP contribution in [0.2, 0.25) is 0 Å². The number of rotatable bonds is 12. The molecular formula is C38H40O12. The van der Waals surface area contributed by atoms with E-state index in [0.29, 0.717) is 24.0 Å². The van der Waals surface area contributed by atoms with Gasteiger partial charge in [0.1, 0.15) is 18.8 Å². The number of aliphatic hydroxyl groups is 1. The summed E-state index contributed by atoms with van der Waals surface area (Å²) in [5.41, 5.74) is -0.0707. The minimum absolute atomic E-state index is 0.147. The maximum atomic E-state index is 13.6. The van der Waals surface area contributed by atoms with Crippen LogP contribution < -0.4 is 0 Å². The zero-order chi connectivity index (χ0) is 35.8. The van der Waals surface area contributed by atoms with E-state index < -0.39 is 60.6 Å². The predicted molar refractivity (Wildman–Crippen MR) is 180 cm³/mol. The first kappa shape index (κ1) is 36.3. The summed E-state index contributed by atoms with van der Waals surface area (Å²) < 4.78 is 18.2. The average Bonchev–Trinajstić information content (AvgIpc) is 3.08. The molecule has 12 heteroatoms. The van der Waals surface area contributed by atoms with Gasteiger partial charge in [0.25, 0.3) is 0 Å². The number of aryl methyl sites for hydroxylation is 1. The Morgan fingerprint density at radius 3 is 2.10 bits per heavy atom. The fourth-order valence-electron chi connectivity index (χ4n) is 6.23. The summed E-state index contributed by atoms with van der Waals surface area (Å²) in [5, 5.41) is 60.3. The van der Waals surface area contributed by atoms with Crippen LogP contribution in [0.1, 0.15) is 42.4 Å². The highest BCUT2D eigenvalue weighted by molar-refractivity contribution is 5.97. The summed E-state index contributed by atoms with van der Waals surface area (Å²) in [6.45, 7) is -0.464. The molecule has 0 radical (unpaired) electrons. The lowest BCUT2D eigenvalue weighted by Crippen LogP contribution is -2.60. The molecule has 3 aromatic rings. The van der Waals surface area contributed by atoms with Crippen molar-refractivity contribution in [1.29, 1.82) is 0 Å². The Labute approximate surface area is 288 Å². The molecule has 0 amide bonds. The Hall–Kier alpha value is -5.01. The van der Waals surface area contributed by atoms with Crippen LogP contribution >= 0.6 is 0 Å². The van der Waals surface area contributed by atoms with E-state index in [9.17, 15) is 45.0 Å². The maximum absolute atomic E-state index is 13.6. The van der Waals surface area contributed by atoms with E-state index in [-0.39, 0.29) is 48.4 Å². The van der Waals surface area contributed by atoms with Crippen molar-refractivity contribution in [2.75, 3.05) is 13.2 Å². The number of phenols is 4. The number of carbonyl (C=O) groups excluding carboxylic acids is 2. The monoisotopic (exact) mass is 688 g/mol. The molecule has 5 rings (SSSR count). The molecule has 50 heavy (non-hydrogen) atoms. The molecular weight excluding hydrogens is 648 g/mol. The third-order valence-electron chi connectivity index (χ3n) is 9.01. The number of aromatic hydroxyl groups is 4. The molecule has 1 aliphatic carbocycles. The highest BCUT2D eigenvalue weighted by Gasteiger charge is 2.54. The number of phenolic OH excluding ortho intramolecular Hbond substituents is 4. The van der Waals surface area contributed by atoms with Crippen LogP contribution in [0.4, 0.5) is 0 Å². The van der Waals surface area contributed by atoms with E-state index in [1.807, 2.05) is 30.3 Å². The topological polar surface area (TPSA) is 200 Å². The number of hydrogen-bond donors (Lipinski definition) is 6. The number of fused-ring (bicyclic) bond motifs is 1. The summed E-state index contributed by atoms with van der Waals surface area (Å²) in [4.78, 5) is 39.0. The molecule has 0 unspecified atom stereocenters. The van der Waals surface area contributed by atoms with Crippen LogP contribution in [-0.4, -0.2) is 91.4 Å². The van der Waals surface area contributed by atoms with Crippen LogP contribution in [0, 0.1) is 5.92 Å². The second-order valence-electron chi connectivity index (χ2n) is 12.7. The summed E-state index contributed by atoms with van der Waals surface area (Å²) in [6.07, 6.45) is 1.69. The van der Waals surface area contributed by atoms with Gasteiger partial charge in [-0.05, 0) is 78.3 Å². The van der Waals surface area contributed by atoms with Gasteiger partial charge in [-0.25, -0.2) is 4.79 Å². The number of carbonyl (C=O) groups is 3. The third kappa shape index (κ3) is 9.16. The first-order valence-corrected chi connectivity index (χ1v) is 16.3. The number of ketones is 2. The summed E-state index contributed by atoms with van der Waals surface area (Å²) in [5.74, 6) is -3.94. The molecule has 1 heterocycles. The van der Waals surface area contributed by atoms with Crippen molar-refractivity contribution in [1.82, 2.24) is 0 Å². The first-order chi connectivity index (χ1) is 23.9. The fourth-order valence-corrected chi connectivity index (χ4v) is 6.23. The molecule has 0 bridgehead atoms. The minimum atomic E-state index is -2.04. The normalized spacial score (nSPS) is 25.5. The summed E-state index contributed by atoms with van der Waals surface area (Å²) in [6, 6.07) is 17.9. The fraction of sp³-hybridized carbons (Fsp3) is 0.342. The van der Waals surface area contributed by atoms with Gasteiger partial charge in [-0.3, -0.25) is 9.59 Å². The Kier molecular flexibility index (Phi) is 11.7. The zero-order valence-electron chi connectivity index (χ0n) is 27.1. The van der Waals surface area contributed by atoms with Gasteiger partial charge in [0.05, 0.1) is 18.8 Å². The van der Waals surface area contributed by atoms with E-state index in [2.05, 4.69) is 0 Å². The van der Waals surface area contributed by atoms with Crippen molar-refractivity contribution in [3.63, 3.8) is 0 Å². The molecule has 2 aliphatic rings. The molecule has 0 aromatic heterocycles. The first-order valence-electron chi connectivity index (χ1n) is 16.3. The van der Waals surface area contributed by atoms with Crippen LogP contribution in [0.25, 0.3) is 12.2 Å². The number of ether oxygens (including phenoxy) is 3. The molecule has 0 spiro atoms. The van der Waals surface area contributed by atoms with Crippen LogP contribution in [0.3, 0.4) is 0 Å². The highest BCUT2D eigenvalue weighted by atomic mass is 16.6. The van der Waals surface area contributed by atoms with Gasteiger partial charge in [-0.15, -0.1) is 0 Å². The quantitative estimate of drug-likeness (QED) is 0.117. The average molecular weight is 689 g/mol. The lowest BCUT2D eigenvalue weighted by molar-refractivity contribution is -0.230. The van der Waals surface area contributed by atoms with Crippen molar-refractivity contribution in [2.45, 2.75) is 62.1 Å². The van der Waals surface area contributed by atoms with E-state index in [4.69, 9.17) is 14.2 Å². The molecule has 1 aliphatic heterocycles. The number of aliphatic carboxylic acids is 1. The number of aliphatic hydroxyl groups excluding tert-OH is 1. The van der Waals surface area contributed by atoms with Gasteiger partial charge in [0.15, 0.2) is 40.2 Å². The molecule has 1 saturated carbocycles. The largest absolute Gasteiger partial charge is 0.504 e. The molecule has 264 valence electrons. The van der Waals surface area contributed by atoms with Crippen molar-refractivity contribution in [3.05, 3.63) is 95.6 Å². The second-order valence-corrected chi connectivity index (χ2v) is 12.7. The van der Waals surface area contributed by atoms with Crippen molar-refractivity contribution in [2.24, 2.45) is 5.92 Å². The summed E-state index contributed by atoms with van der Waals surface area (Å²) >= 11 is 0. The van der Waals surface area contributed by atoms with Crippen molar-refractivity contribution < 1.29 is 59.2 Å². The van der Waals surface area contributed by atoms with Gasteiger partial charge in [0.2, 0.25) is 0 Å². The number of hydrogen-bond acceptors (Lipinski definition) is 11. The number of benzene rings is 3. The van der Waals surface area contributed by atoms with E-state index in [1.165, 1.54) is 54.6 Å². The van der Waals surface area contributed by atoms with Crippen molar-refractivity contribution >= 4 is 29.7 Å². The minimum Gasteiger partial charge on any atom is -0.504 e. The molecule has 6 N–H and O–H groups in total. The van der Waals surface area contributed by atoms with Gasteiger partial charge < -0.3 is 44.8 Å². The van der Waals surface area contributed by atoms with E-state index >= 15 is 0 Å². The number of carboxylic acid groups (broad SMARTS) is 1. The highest BCUT2D eigenvalue weighted by Crippen LogP contribution is 2.39. The Bertz CT molecular complexity index is 1730. The molecule has 1 saturated heterocycles. The lowest BCUT2D eigenvalue weighted by atomic mass is 9.78. The Morgan fingerprint density at radius 1 is 0.840 bits per heavy atom. The van der Waals surface area contributed by atoms with E-state index in [0.717, 1.165) is 11.6 Å². The SMILES string of the molecule is O=C(/C=C/c1ccc(O)c(O)c1)CO[C@@]1(C(=O)O)C[C@@H](O)[C@H]2OC[C@@H](CCc3ccccc3)C[C@@H](C(=O)/C=C\c3ccc(O)c(O)c3)O[C@@H]2C1. The van der Waals surface area contributed by atoms with E-state index in [1.54, 1.807) is 0 Å². The van der Waals surface area contributed by atoms with Gasteiger partial charge >= 0.3 is 5.97 Å². The van der Waals surface area contributed by atoms with Gasteiger partial charge in [0, 0.05) is 12.8 Å². The van der Waals surface area contributed by atoms with Crippen LogP contribution in [-0.2, 0) is 35.0 Å². The van der Waals surface area contributed by atoms with Crippen LogP contribution in [0.5, 0.6) is 23.0 Å². The van der Waals surface area contributed by atoms with Gasteiger partial charge in [-0.2, -0.15) is 0 Å². The smallest absolute Gasteiger partial charge is 0.336 e. The standard InChI is InChI=1S/C38H40O12/c39-27(12-8-24-9-13-28(40)31(43)16-24)22-49-38(37(46)47)19-33(45)36-35(20-38)50-34(30(42)15-11-25-10-14-29(41)32(44)17-25)18-26(21-48-36)7-6-23-4-2-1-3-5-23/h1-5,8-17,26,33-36,40-41,43-45H,6-7,18-22H2,(H,46,47)/b12-8+,15-11-/t26-,33+,34-,35+,36+,38-/m0/s1.